The number of hydrogen-bond donors (Lipinski definition) is 0. The molecule has 0 spiro atoms. The second-order valence-electron chi connectivity index (χ2n) is 0.962. The van der Waals surface area contributed by atoms with E-state index in [2.05, 4.69) is 13.3 Å². The molecule has 0 aliphatic heterocycles. The van der Waals surface area contributed by atoms with Gasteiger partial charge in [-0.2, -0.15) is 0 Å². The van der Waals surface area contributed by atoms with E-state index < -0.39 is 0 Å². The maximum Gasteiger partial charge on any atom is 0.00506 e. The summed E-state index contributed by atoms with van der Waals surface area (Å²) in [6.07, 6.45) is 10.0. The van der Waals surface area contributed by atoms with Gasteiger partial charge in [-0.15, -0.1) is 0 Å². The third-order valence-electron chi connectivity index (χ3n) is 0.556. The number of rotatable bonds is 0. The molecule has 0 saturated heterocycles. The first-order valence-corrected chi connectivity index (χ1v) is 2.07. The molecule has 0 amide bonds. The van der Waals surface area contributed by atoms with Crippen LogP contribution in [0.1, 0.15) is 0 Å². The Morgan fingerprint density at radius 3 is 1.09 bits per heavy atom. The zero-order chi connectivity index (χ0) is 7.54. The van der Waals surface area contributed by atoms with Crippen molar-refractivity contribution in [2.75, 3.05) is 0 Å². The molecule has 0 aromatic carbocycles. The molecular weight excluding hydrogens is 211 g/mol. The minimum atomic E-state index is 0. The monoisotopic (exact) mass is 216 g/mol. The summed E-state index contributed by atoms with van der Waals surface area (Å²) in [5.41, 5.74) is 0. The first-order chi connectivity index (χ1) is 4.50. The van der Waals surface area contributed by atoms with Gasteiger partial charge in [0.2, 0.25) is 0 Å². The molecule has 0 aromatic rings. The van der Waals surface area contributed by atoms with Gasteiger partial charge in [0.1, 0.15) is 0 Å². The van der Waals surface area contributed by atoms with E-state index in [9.17, 15) is 0 Å². The average molecular weight is 216 g/mol. The quantitative estimate of drug-likeness (QED) is 0.327. The molecule has 0 aromatic heterocycles. The number of hydrogen-bond acceptors (Lipinski definition) is 0. The summed E-state index contributed by atoms with van der Waals surface area (Å²) in [5, 5.41) is 0. The molecule has 1 aliphatic carbocycles. The van der Waals surface area contributed by atoms with Crippen LogP contribution in [-0.2, 0) is 26.4 Å². The van der Waals surface area contributed by atoms with Crippen molar-refractivity contribution >= 4 is 51.4 Å². The van der Waals surface area contributed by atoms with Gasteiger partial charge in [0.25, 0.3) is 0 Å². The summed E-state index contributed by atoms with van der Waals surface area (Å²) in [4.78, 5) is 0. The second kappa shape index (κ2) is 30.4. The molecule has 0 heterocycles. The summed E-state index contributed by atoms with van der Waals surface area (Å²) >= 11 is 0. The van der Waals surface area contributed by atoms with Crippen LogP contribution in [-0.4, -0.2) is 51.4 Å². The normalized spacial score (nSPS) is 8.36. The molecule has 0 N–H and O–H groups in total. The van der Waals surface area contributed by atoms with Gasteiger partial charge in [-0.3, -0.25) is 0 Å². The summed E-state index contributed by atoms with van der Waals surface area (Å²) in [6, 6.07) is 0. The average Bonchev–Trinajstić information content (AvgIpc) is 2.51. The van der Waals surface area contributed by atoms with Crippen molar-refractivity contribution in [3.05, 3.63) is 44.0 Å². The standard InChI is InChI=1S/C5H5.2CO.Fe.K/c1-2-4-5-3-1;2*1-2;;/h1-5H;;;;. The van der Waals surface area contributed by atoms with E-state index in [1.807, 2.05) is 30.7 Å². The van der Waals surface area contributed by atoms with Crippen LogP contribution in [0.25, 0.3) is 0 Å². The summed E-state index contributed by atoms with van der Waals surface area (Å²) in [5.74, 6) is 0. The molecule has 0 bridgehead atoms. The maximum absolute atomic E-state index is 7.50. The number of allylic oxidation sites excluding steroid dienone is 4. The van der Waals surface area contributed by atoms with E-state index in [1.54, 1.807) is 0 Å². The molecule has 54 valence electrons. The topological polar surface area (TPSA) is 39.8 Å². The zero-order valence-corrected chi connectivity index (χ0v) is 10.3. The van der Waals surface area contributed by atoms with Crippen LogP contribution >= 0.6 is 0 Å². The van der Waals surface area contributed by atoms with E-state index >= 15 is 0 Å². The maximum atomic E-state index is 7.50. The Balaban J connectivity index is -0.0000000369. The van der Waals surface area contributed by atoms with Crippen molar-refractivity contribution in [3.8, 4) is 0 Å². The third-order valence-corrected chi connectivity index (χ3v) is 0.556. The van der Waals surface area contributed by atoms with Crippen molar-refractivity contribution < 1.29 is 26.4 Å². The molecule has 1 aliphatic rings. The van der Waals surface area contributed by atoms with Crippen LogP contribution in [0.3, 0.4) is 0 Å². The fraction of sp³-hybridized carbons (Fsp3) is 0. The van der Waals surface area contributed by atoms with Crippen LogP contribution in [0, 0.1) is 19.7 Å². The third kappa shape index (κ3) is 24.7. The molecule has 0 saturated carbocycles. The summed E-state index contributed by atoms with van der Waals surface area (Å²) < 4.78 is 15.0. The Labute approximate surface area is 120 Å². The minimum Gasteiger partial charge on any atom is -0.0767 e. The fourth-order valence-electron chi connectivity index (χ4n) is 0.321. The Bertz CT molecular complexity index is 122. The van der Waals surface area contributed by atoms with Crippen LogP contribution in [0.5, 0.6) is 0 Å². The SMILES string of the molecule is [C-]#[O+].[C-]#[O+].[CH]1C=CC=C1.[Fe].[K]. The van der Waals surface area contributed by atoms with Crippen molar-refractivity contribution in [2.45, 2.75) is 0 Å². The van der Waals surface area contributed by atoms with Crippen molar-refractivity contribution in [3.63, 3.8) is 0 Å². The molecule has 2 nitrogen and oxygen atoms in total. The van der Waals surface area contributed by atoms with E-state index in [0.29, 0.717) is 0 Å². The van der Waals surface area contributed by atoms with Gasteiger partial charge in [0.15, 0.2) is 0 Å². The largest absolute Gasteiger partial charge is 0.0767 e. The first kappa shape index (κ1) is 22.7. The van der Waals surface area contributed by atoms with Gasteiger partial charge in [0.05, 0.1) is 0 Å². The predicted molar refractivity (Wildman–Crippen MR) is 36.2 cm³/mol. The van der Waals surface area contributed by atoms with Gasteiger partial charge in [-0.05, 0) is 0 Å². The van der Waals surface area contributed by atoms with Crippen molar-refractivity contribution in [2.24, 2.45) is 0 Å². The molecule has 11 heavy (non-hydrogen) atoms. The summed E-state index contributed by atoms with van der Waals surface area (Å²) in [6.45, 7) is 9.00. The van der Waals surface area contributed by atoms with Crippen LogP contribution in [0.2, 0.25) is 0 Å². The second-order valence-corrected chi connectivity index (χ2v) is 0.962. The molecular formula is C7H5FeKO2. The van der Waals surface area contributed by atoms with E-state index in [0.717, 1.165) is 0 Å². The van der Waals surface area contributed by atoms with E-state index in [1.165, 1.54) is 0 Å². The molecule has 0 unspecified atom stereocenters. The summed E-state index contributed by atoms with van der Waals surface area (Å²) in [7, 11) is 0. The fourth-order valence-corrected chi connectivity index (χ4v) is 0.321. The van der Waals surface area contributed by atoms with Crippen molar-refractivity contribution in [1.29, 1.82) is 0 Å². The van der Waals surface area contributed by atoms with Gasteiger partial charge < -0.3 is 0 Å². The van der Waals surface area contributed by atoms with Gasteiger partial charge in [-0.1, -0.05) is 24.3 Å². The van der Waals surface area contributed by atoms with Crippen LogP contribution in [0.15, 0.2) is 24.3 Å². The molecule has 2 radical (unpaired) electrons. The smallest absolute Gasteiger partial charge is 0.00506 e. The van der Waals surface area contributed by atoms with Gasteiger partial charge >= 0.3 is 22.6 Å². The zero-order valence-electron chi connectivity index (χ0n) is 6.06. The molecule has 0 fully saturated rings. The Morgan fingerprint density at radius 2 is 1.00 bits per heavy atom. The van der Waals surface area contributed by atoms with Gasteiger partial charge in [0, 0.05) is 74.9 Å². The molecule has 4 heteroatoms. The van der Waals surface area contributed by atoms with E-state index in [4.69, 9.17) is 9.30 Å². The van der Waals surface area contributed by atoms with Crippen molar-refractivity contribution in [1.82, 2.24) is 0 Å². The van der Waals surface area contributed by atoms with Crippen LogP contribution < -0.4 is 0 Å². The Kier molecular flexibility index (Phi) is 62.8. The minimum absolute atomic E-state index is 0. The molecule has 1 rings (SSSR count). The van der Waals surface area contributed by atoms with Gasteiger partial charge in [-0.25, -0.2) is 0 Å². The van der Waals surface area contributed by atoms with Crippen LogP contribution in [0.4, 0.5) is 0 Å². The Morgan fingerprint density at radius 1 is 0.727 bits per heavy atom. The predicted octanol–water partition coefficient (Wildman–Crippen LogP) is 0.858. The van der Waals surface area contributed by atoms with E-state index in [-0.39, 0.29) is 68.5 Å². The Hall–Kier alpha value is 1.12. The molecule has 0 atom stereocenters. The first-order valence-electron chi connectivity index (χ1n) is 2.07.